The number of ether oxygens (including phenoxy) is 5. The molecule has 2 amide bonds. The average molecular weight is 534 g/mol. The number of imide groups is 1. The molecule has 204 valence electrons. The monoisotopic (exact) mass is 533 g/mol. The summed E-state index contributed by atoms with van der Waals surface area (Å²) < 4.78 is 27.8. The van der Waals surface area contributed by atoms with E-state index in [1.807, 2.05) is 36.4 Å². The molecule has 39 heavy (non-hydrogen) atoms. The maximum Gasteiger partial charge on any atom is 0.417 e. The largest absolute Gasteiger partial charge is 0.493 e. The van der Waals surface area contributed by atoms with Crippen molar-refractivity contribution in [3.05, 3.63) is 81.5 Å². The second-order valence-corrected chi connectivity index (χ2v) is 8.94. The Morgan fingerprint density at radius 1 is 0.872 bits per heavy atom. The Morgan fingerprint density at radius 3 is 2.18 bits per heavy atom. The van der Waals surface area contributed by atoms with E-state index in [4.69, 9.17) is 23.7 Å². The lowest BCUT2D eigenvalue weighted by atomic mass is 9.95. The molecule has 0 aliphatic heterocycles. The molecule has 1 aliphatic rings. The van der Waals surface area contributed by atoms with E-state index >= 15 is 0 Å². The van der Waals surface area contributed by atoms with Gasteiger partial charge in [0.05, 0.1) is 34.5 Å². The van der Waals surface area contributed by atoms with Crippen LogP contribution in [-0.4, -0.2) is 45.3 Å². The smallest absolute Gasteiger partial charge is 0.417 e. The minimum absolute atomic E-state index is 0.00529. The Hall–Kier alpha value is -4.53. The normalized spacial score (nSPS) is 13.7. The molecule has 3 aromatic carbocycles. The van der Waals surface area contributed by atoms with E-state index in [1.54, 1.807) is 12.1 Å². The fraction of sp³-hybridized carbons (Fsp3) is 0.300. The fourth-order valence-corrected chi connectivity index (χ4v) is 4.98. The molecule has 0 N–H and O–H groups in total. The first kappa shape index (κ1) is 27.5. The molecular weight excluding hydrogens is 502 g/mol. The van der Waals surface area contributed by atoms with E-state index in [0.717, 1.165) is 16.0 Å². The summed E-state index contributed by atoms with van der Waals surface area (Å²) in [5, 5.41) is 0. The van der Waals surface area contributed by atoms with Gasteiger partial charge in [-0.1, -0.05) is 36.4 Å². The van der Waals surface area contributed by atoms with Crippen molar-refractivity contribution >= 4 is 12.0 Å². The van der Waals surface area contributed by atoms with E-state index in [1.165, 1.54) is 41.4 Å². The standard InChI is InChI=1S/C30H31NO8/c1-18(32)31(30(34)39-17-19-9-7-6-8-10-19)23-13-11-20-15-26(36-3)28(37-4)29(38-5)27(20)21-12-14-25(35-2)24(33)16-22(21)23/h6-10,12,14-16,23H,11,13,17H2,1-5H3/t23-/m0/s1. The average Bonchev–Trinajstić information content (AvgIpc) is 3.19. The van der Waals surface area contributed by atoms with Gasteiger partial charge in [-0.15, -0.1) is 0 Å². The molecule has 0 saturated heterocycles. The molecular formula is C30H31NO8. The molecule has 3 aromatic rings. The molecule has 0 spiro atoms. The highest BCUT2D eigenvalue weighted by molar-refractivity contribution is 5.92. The topological polar surface area (TPSA) is 101 Å². The lowest BCUT2D eigenvalue weighted by Gasteiger charge is -2.28. The number of methoxy groups -OCH3 is 4. The number of hydrogen-bond acceptors (Lipinski definition) is 8. The highest BCUT2D eigenvalue weighted by Crippen LogP contribution is 2.51. The number of benzene rings is 2. The van der Waals surface area contributed by atoms with Crippen LogP contribution in [0.1, 0.15) is 36.1 Å². The number of nitrogens with zero attached hydrogens (tertiary/aromatic N) is 1. The van der Waals surface area contributed by atoms with Crippen molar-refractivity contribution in [2.24, 2.45) is 0 Å². The summed E-state index contributed by atoms with van der Waals surface area (Å²) in [4.78, 5) is 40.5. The molecule has 0 fully saturated rings. The summed E-state index contributed by atoms with van der Waals surface area (Å²) in [7, 11) is 5.97. The van der Waals surface area contributed by atoms with Gasteiger partial charge < -0.3 is 23.7 Å². The lowest BCUT2D eigenvalue weighted by Crippen LogP contribution is -2.39. The Bertz CT molecular complexity index is 1440. The molecule has 9 heteroatoms. The van der Waals surface area contributed by atoms with Crippen LogP contribution in [-0.2, 0) is 22.6 Å². The van der Waals surface area contributed by atoms with Gasteiger partial charge in [-0.2, -0.15) is 0 Å². The van der Waals surface area contributed by atoms with Crippen LogP contribution in [0.15, 0.2) is 59.4 Å². The summed E-state index contributed by atoms with van der Waals surface area (Å²) in [6.07, 6.45) is -0.0399. The summed E-state index contributed by atoms with van der Waals surface area (Å²) in [5.41, 5.74) is 2.95. The third-order valence-corrected chi connectivity index (χ3v) is 6.74. The van der Waals surface area contributed by atoms with Crippen LogP contribution in [0.4, 0.5) is 4.79 Å². The highest BCUT2D eigenvalue weighted by Gasteiger charge is 2.36. The van der Waals surface area contributed by atoms with Gasteiger partial charge in [0.15, 0.2) is 17.2 Å². The van der Waals surface area contributed by atoms with Gasteiger partial charge in [-0.25, -0.2) is 9.69 Å². The molecule has 4 rings (SSSR count). The predicted molar refractivity (Wildman–Crippen MR) is 145 cm³/mol. The first-order valence-electron chi connectivity index (χ1n) is 12.4. The van der Waals surface area contributed by atoms with Crippen molar-refractivity contribution in [1.82, 2.24) is 4.90 Å². The van der Waals surface area contributed by atoms with Crippen molar-refractivity contribution in [2.75, 3.05) is 28.4 Å². The SMILES string of the molecule is COc1cc2c(c(OC)c1OC)-c1ccc(OC)c(=O)cc1[C@@H](N(C(C)=O)C(=O)OCc1ccccc1)CC2. The van der Waals surface area contributed by atoms with Gasteiger partial charge in [-0.3, -0.25) is 9.59 Å². The minimum atomic E-state index is -0.806. The predicted octanol–water partition coefficient (Wildman–Crippen LogP) is 4.92. The molecule has 9 nitrogen and oxygen atoms in total. The van der Waals surface area contributed by atoms with Crippen LogP contribution in [0, 0.1) is 0 Å². The maximum atomic E-state index is 13.4. The maximum absolute atomic E-state index is 13.4. The molecule has 1 aliphatic carbocycles. The van der Waals surface area contributed by atoms with Crippen LogP contribution in [0.25, 0.3) is 11.1 Å². The van der Waals surface area contributed by atoms with Crippen molar-refractivity contribution < 1.29 is 33.3 Å². The lowest BCUT2D eigenvalue weighted by molar-refractivity contribution is -0.129. The van der Waals surface area contributed by atoms with Gasteiger partial charge >= 0.3 is 6.09 Å². The number of rotatable bonds is 7. The third-order valence-electron chi connectivity index (χ3n) is 6.74. The van der Waals surface area contributed by atoms with Crippen molar-refractivity contribution in [3.8, 4) is 34.1 Å². The molecule has 0 saturated carbocycles. The van der Waals surface area contributed by atoms with Crippen LogP contribution >= 0.6 is 0 Å². The number of aryl methyl sites for hydroxylation is 1. The van der Waals surface area contributed by atoms with Gasteiger partial charge in [0.2, 0.25) is 17.1 Å². The number of hydrogen-bond donors (Lipinski definition) is 0. The molecule has 1 atom stereocenters. The first-order chi connectivity index (χ1) is 18.8. The van der Waals surface area contributed by atoms with Gasteiger partial charge in [0, 0.05) is 12.5 Å². The van der Waals surface area contributed by atoms with Crippen LogP contribution in [0.2, 0.25) is 0 Å². The van der Waals surface area contributed by atoms with Gasteiger partial charge in [0.1, 0.15) is 6.61 Å². The van der Waals surface area contributed by atoms with Crippen molar-refractivity contribution in [1.29, 1.82) is 0 Å². The van der Waals surface area contributed by atoms with E-state index in [0.29, 0.717) is 46.8 Å². The van der Waals surface area contributed by atoms with Crippen molar-refractivity contribution in [2.45, 2.75) is 32.4 Å². The van der Waals surface area contributed by atoms with Crippen LogP contribution in [0.3, 0.4) is 0 Å². The molecule has 0 unspecified atom stereocenters. The van der Waals surface area contributed by atoms with Gasteiger partial charge in [0.25, 0.3) is 0 Å². The summed E-state index contributed by atoms with van der Waals surface area (Å²) in [5.74, 6) is 0.870. The zero-order valence-corrected chi connectivity index (χ0v) is 22.6. The Morgan fingerprint density at radius 2 is 1.56 bits per heavy atom. The second-order valence-electron chi connectivity index (χ2n) is 8.94. The number of amides is 2. The molecule has 0 heterocycles. The quantitative estimate of drug-likeness (QED) is 0.422. The number of carbonyl (C=O) groups is 2. The Labute approximate surface area is 226 Å². The second kappa shape index (κ2) is 11.9. The van der Waals surface area contributed by atoms with Gasteiger partial charge in [-0.05, 0) is 53.3 Å². The Balaban J connectivity index is 1.91. The zero-order valence-electron chi connectivity index (χ0n) is 22.6. The van der Waals surface area contributed by atoms with Crippen LogP contribution < -0.4 is 24.4 Å². The zero-order chi connectivity index (χ0) is 28.1. The molecule has 0 bridgehead atoms. The highest BCUT2D eigenvalue weighted by atomic mass is 16.6. The van der Waals surface area contributed by atoms with E-state index < -0.39 is 23.5 Å². The van der Waals surface area contributed by atoms with E-state index in [-0.39, 0.29) is 12.4 Å². The van der Waals surface area contributed by atoms with Crippen LogP contribution in [0.5, 0.6) is 23.0 Å². The number of fused-ring (bicyclic) bond motifs is 3. The third kappa shape index (κ3) is 5.38. The molecule has 0 radical (unpaired) electrons. The van der Waals surface area contributed by atoms with E-state index in [9.17, 15) is 14.4 Å². The van der Waals surface area contributed by atoms with Crippen molar-refractivity contribution in [3.63, 3.8) is 0 Å². The minimum Gasteiger partial charge on any atom is -0.493 e. The summed E-state index contributed by atoms with van der Waals surface area (Å²) in [6.45, 7) is 1.30. The fourth-order valence-electron chi connectivity index (χ4n) is 4.98. The number of carbonyl (C=O) groups excluding carboxylic acids is 2. The summed E-state index contributed by atoms with van der Waals surface area (Å²) in [6, 6.07) is 14.9. The summed E-state index contributed by atoms with van der Waals surface area (Å²) >= 11 is 0. The Kier molecular flexibility index (Phi) is 8.39. The first-order valence-corrected chi connectivity index (χ1v) is 12.4. The van der Waals surface area contributed by atoms with E-state index in [2.05, 4.69) is 0 Å². The molecule has 0 aromatic heterocycles.